The van der Waals surface area contributed by atoms with Crippen molar-refractivity contribution in [3.63, 3.8) is 0 Å². The van der Waals surface area contributed by atoms with E-state index in [4.69, 9.17) is 4.74 Å². The maximum absolute atomic E-state index is 13.0. The van der Waals surface area contributed by atoms with E-state index in [2.05, 4.69) is 0 Å². The summed E-state index contributed by atoms with van der Waals surface area (Å²) in [5, 5.41) is 19.7. The number of hydrogen-bond donors (Lipinski definition) is 2. The van der Waals surface area contributed by atoms with Gasteiger partial charge in [-0.15, -0.1) is 0 Å². The minimum Gasteiger partial charge on any atom is -0.507 e. The van der Waals surface area contributed by atoms with Gasteiger partial charge < -0.3 is 14.9 Å². The summed E-state index contributed by atoms with van der Waals surface area (Å²) in [4.78, 5) is 23.1. The Balaban J connectivity index is 1.70. The summed E-state index contributed by atoms with van der Waals surface area (Å²) in [6, 6.07) is 7.87. The first-order chi connectivity index (χ1) is 15.6. The van der Waals surface area contributed by atoms with Gasteiger partial charge in [-0.1, -0.05) is 19.4 Å². The number of sulfonamides is 1. The van der Waals surface area contributed by atoms with Crippen molar-refractivity contribution < 1.29 is 33.0 Å². The maximum Gasteiger partial charge on any atom is 0.307 e. The predicted octanol–water partition coefficient (Wildman–Crippen LogP) is 3.05. The van der Waals surface area contributed by atoms with Crippen LogP contribution in [0.3, 0.4) is 0 Å². The van der Waals surface area contributed by atoms with E-state index in [1.54, 1.807) is 18.2 Å². The number of carboxylic acid groups (broad SMARTS) is 1. The highest BCUT2D eigenvalue weighted by molar-refractivity contribution is 7.89. The average Bonchev–Trinajstić information content (AvgIpc) is 3.19. The lowest BCUT2D eigenvalue weighted by molar-refractivity contribution is -0.141. The lowest BCUT2D eigenvalue weighted by Crippen LogP contribution is -2.31. The summed E-state index contributed by atoms with van der Waals surface area (Å²) >= 11 is 0. The molecule has 1 atom stereocenters. The van der Waals surface area contributed by atoms with Crippen LogP contribution in [0.5, 0.6) is 11.5 Å². The lowest BCUT2D eigenvalue weighted by atomic mass is 10.0. The molecule has 0 saturated carbocycles. The van der Waals surface area contributed by atoms with E-state index < -0.39 is 21.9 Å². The number of Topliss-reactive ketones (excluding diaryl/α,β-unsaturated/α-hetero) is 1. The van der Waals surface area contributed by atoms with Crippen LogP contribution in [-0.2, 0) is 34.1 Å². The predicted molar refractivity (Wildman–Crippen MR) is 122 cm³/mol. The molecule has 178 valence electrons. The van der Waals surface area contributed by atoms with Crippen molar-refractivity contribution in [3.8, 4) is 11.5 Å². The number of carboxylic acids is 1. The Morgan fingerprint density at radius 2 is 1.85 bits per heavy atom. The Bertz CT molecular complexity index is 1170. The van der Waals surface area contributed by atoms with Gasteiger partial charge in [-0.25, -0.2) is 8.42 Å². The Morgan fingerprint density at radius 3 is 2.48 bits per heavy atom. The fourth-order valence-electron chi connectivity index (χ4n) is 4.04. The van der Waals surface area contributed by atoms with Crippen molar-refractivity contribution in [1.29, 1.82) is 0 Å². The monoisotopic (exact) mass is 475 g/mol. The Morgan fingerprint density at radius 1 is 1.15 bits per heavy atom. The maximum atomic E-state index is 13.0. The van der Waals surface area contributed by atoms with Crippen molar-refractivity contribution in [2.75, 3.05) is 20.2 Å². The summed E-state index contributed by atoms with van der Waals surface area (Å²) in [6.07, 6.45) is 1.98. The van der Waals surface area contributed by atoms with E-state index in [1.165, 1.54) is 30.4 Å². The van der Waals surface area contributed by atoms with Crippen LogP contribution in [0.1, 0.15) is 47.3 Å². The Labute approximate surface area is 193 Å². The third-order valence-corrected chi connectivity index (χ3v) is 7.80. The van der Waals surface area contributed by atoms with Crippen LogP contribution >= 0.6 is 0 Å². The third kappa shape index (κ3) is 5.20. The molecule has 2 aromatic carbocycles. The number of phenols is 1. The molecule has 1 aliphatic rings. The van der Waals surface area contributed by atoms with Gasteiger partial charge in [0.15, 0.2) is 5.78 Å². The molecule has 0 radical (unpaired) electrons. The molecule has 8 nitrogen and oxygen atoms in total. The fourth-order valence-corrected chi connectivity index (χ4v) is 5.25. The first-order valence-electron chi connectivity index (χ1n) is 10.9. The Kier molecular flexibility index (Phi) is 7.44. The Hall–Kier alpha value is -2.91. The van der Waals surface area contributed by atoms with Gasteiger partial charge in [0.2, 0.25) is 10.0 Å². The molecule has 0 spiro atoms. The number of ether oxygens (including phenoxy) is 1. The van der Waals surface area contributed by atoms with Gasteiger partial charge in [-0.2, -0.15) is 4.31 Å². The van der Waals surface area contributed by atoms with E-state index in [1.807, 2.05) is 6.92 Å². The zero-order valence-electron chi connectivity index (χ0n) is 19.0. The topological polar surface area (TPSA) is 121 Å². The van der Waals surface area contributed by atoms with Crippen LogP contribution in [0.4, 0.5) is 0 Å². The van der Waals surface area contributed by atoms with Crippen molar-refractivity contribution in [1.82, 2.24) is 4.31 Å². The van der Waals surface area contributed by atoms with Crippen LogP contribution < -0.4 is 4.74 Å². The van der Waals surface area contributed by atoms with E-state index in [9.17, 15) is 28.2 Å². The van der Waals surface area contributed by atoms with Gasteiger partial charge in [0.25, 0.3) is 0 Å². The van der Waals surface area contributed by atoms with Gasteiger partial charge in [0.1, 0.15) is 18.1 Å². The lowest BCUT2D eigenvalue weighted by Gasteiger charge is -2.19. The molecule has 0 fully saturated rings. The minimum atomic E-state index is -3.79. The molecule has 0 bridgehead atoms. The number of aromatic hydroxyl groups is 1. The summed E-state index contributed by atoms with van der Waals surface area (Å²) in [5.74, 6) is -1.32. The first-order valence-corrected chi connectivity index (χ1v) is 12.3. The first kappa shape index (κ1) is 24.7. The van der Waals surface area contributed by atoms with E-state index in [0.717, 1.165) is 17.5 Å². The van der Waals surface area contributed by atoms with Crippen LogP contribution in [0.2, 0.25) is 0 Å². The van der Waals surface area contributed by atoms with Gasteiger partial charge >= 0.3 is 5.97 Å². The zero-order chi connectivity index (χ0) is 24.3. The molecule has 0 heterocycles. The fraction of sp³-hybridized carbons (Fsp3) is 0.417. The third-order valence-electron chi connectivity index (χ3n) is 5.95. The summed E-state index contributed by atoms with van der Waals surface area (Å²) in [7, 11) is -2.33. The van der Waals surface area contributed by atoms with Crippen molar-refractivity contribution in [2.24, 2.45) is 5.92 Å². The highest BCUT2D eigenvalue weighted by atomic mass is 32.2. The molecule has 2 N–H and O–H groups in total. The second-order valence-electron chi connectivity index (χ2n) is 8.29. The molecule has 9 heteroatoms. The van der Waals surface area contributed by atoms with Crippen LogP contribution in [-0.4, -0.2) is 54.9 Å². The number of ketones is 1. The minimum absolute atomic E-state index is 0.0529. The van der Waals surface area contributed by atoms with E-state index in [-0.39, 0.29) is 35.1 Å². The number of aliphatic carboxylic acids is 1. The standard InChI is InChI=1S/C24H29NO7S/c1-4-5-21-22(9-8-20(15(2)26)23(21)27)32-11-10-25(3)33(30,31)19-7-6-16-12-18(24(28)29)13-17(16)14-19/h6-9,14,18,27H,4-5,10-13H2,1-3H3,(H,28,29). The quantitative estimate of drug-likeness (QED) is 0.507. The summed E-state index contributed by atoms with van der Waals surface area (Å²) < 4.78 is 33.0. The number of fused-ring (bicyclic) bond motifs is 1. The average molecular weight is 476 g/mol. The number of phenolic OH excluding ortho intramolecular Hbond substituents is 1. The van der Waals surface area contributed by atoms with Gasteiger partial charge in [-0.05, 0) is 61.6 Å². The molecule has 33 heavy (non-hydrogen) atoms. The second-order valence-corrected chi connectivity index (χ2v) is 10.3. The van der Waals surface area contributed by atoms with Crippen LogP contribution in [0.15, 0.2) is 35.2 Å². The van der Waals surface area contributed by atoms with Crippen molar-refractivity contribution in [3.05, 3.63) is 52.6 Å². The van der Waals surface area contributed by atoms with Gasteiger partial charge in [0.05, 0.1) is 16.4 Å². The van der Waals surface area contributed by atoms with Gasteiger partial charge in [0, 0.05) is 19.2 Å². The SMILES string of the molecule is CCCc1c(OCCN(C)S(=O)(=O)c2ccc3c(c2)CC(C(=O)O)C3)ccc(C(C)=O)c1O. The number of benzene rings is 2. The molecule has 0 aromatic heterocycles. The molecule has 3 rings (SSSR count). The van der Waals surface area contributed by atoms with E-state index >= 15 is 0 Å². The molecule has 2 aromatic rings. The number of hydrogen-bond acceptors (Lipinski definition) is 6. The molecular weight excluding hydrogens is 446 g/mol. The van der Waals surface area contributed by atoms with Gasteiger partial charge in [-0.3, -0.25) is 9.59 Å². The second kappa shape index (κ2) is 9.93. The zero-order valence-corrected chi connectivity index (χ0v) is 19.8. The number of likely N-dealkylation sites (N-methyl/N-ethyl adjacent to an activating group) is 1. The molecule has 0 aliphatic heterocycles. The molecular formula is C24H29NO7S. The highest BCUT2D eigenvalue weighted by Crippen LogP contribution is 2.33. The highest BCUT2D eigenvalue weighted by Gasteiger charge is 2.29. The number of rotatable bonds is 10. The van der Waals surface area contributed by atoms with Crippen LogP contribution in [0.25, 0.3) is 0 Å². The largest absolute Gasteiger partial charge is 0.507 e. The summed E-state index contributed by atoms with van der Waals surface area (Å²) in [5.41, 5.74) is 2.37. The van der Waals surface area contributed by atoms with Crippen molar-refractivity contribution >= 4 is 21.8 Å². The summed E-state index contributed by atoms with van der Waals surface area (Å²) in [6.45, 7) is 3.44. The molecule has 1 unspecified atom stereocenters. The molecule has 1 aliphatic carbocycles. The van der Waals surface area contributed by atoms with E-state index in [0.29, 0.717) is 30.6 Å². The number of nitrogens with zero attached hydrogens (tertiary/aromatic N) is 1. The molecule has 0 amide bonds. The normalized spacial score (nSPS) is 15.5. The smallest absolute Gasteiger partial charge is 0.307 e. The number of carbonyl (C=O) groups excluding carboxylic acids is 1. The van der Waals surface area contributed by atoms with Crippen molar-refractivity contribution in [2.45, 2.75) is 44.4 Å². The van der Waals surface area contributed by atoms with Crippen LogP contribution in [0, 0.1) is 5.92 Å². The molecule has 0 saturated heterocycles. The number of carbonyl (C=O) groups is 2.